The van der Waals surface area contributed by atoms with Crippen LogP contribution in [-0.2, 0) is 9.31 Å². The molecule has 0 atom stereocenters. The fourth-order valence-corrected chi connectivity index (χ4v) is 1.84. The van der Waals surface area contributed by atoms with E-state index in [2.05, 4.69) is 19.9 Å². The van der Waals surface area contributed by atoms with E-state index in [1.54, 1.807) is 0 Å². The van der Waals surface area contributed by atoms with E-state index in [1.807, 2.05) is 25.1 Å². The topological polar surface area (TPSA) is 42.2 Å². The fraction of sp³-hybridized carbons (Fsp3) is 0.462. The van der Waals surface area contributed by atoms with Gasteiger partial charge in [0, 0.05) is 18.6 Å². The molecule has 1 aliphatic rings. The molecule has 1 heterocycles. The van der Waals surface area contributed by atoms with Crippen molar-refractivity contribution in [3.63, 3.8) is 0 Å². The minimum absolute atomic E-state index is 0.0667. The normalized spacial score (nSPS) is 18.8. The molecular weight excluding hydrogens is 213 g/mol. The van der Waals surface area contributed by atoms with E-state index in [9.17, 15) is 0 Å². The molecule has 0 spiro atoms. The van der Waals surface area contributed by atoms with Crippen molar-refractivity contribution in [1.82, 2.24) is 0 Å². The van der Waals surface area contributed by atoms with E-state index in [-0.39, 0.29) is 12.5 Å². The number of hydrogen-bond donors (Lipinski definition) is 0. The van der Waals surface area contributed by atoms with Crippen LogP contribution in [0, 0.1) is 23.7 Å². The van der Waals surface area contributed by atoms with Crippen molar-refractivity contribution in [2.75, 3.05) is 13.2 Å². The minimum Gasteiger partial charge on any atom is -0.407 e. The number of aryl methyl sites for hydroxylation is 1. The smallest absolute Gasteiger partial charge is 0.407 e. The predicted octanol–water partition coefficient (Wildman–Crippen LogP) is 1.63. The molecule has 1 fully saturated rings. The number of nitriles is 1. The van der Waals surface area contributed by atoms with Crippen LogP contribution in [0.2, 0.25) is 0 Å². The average Bonchev–Trinajstić information content (AvgIpc) is 2.30. The van der Waals surface area contributed by atoms with Crippen LogP contribution in [-0.4, -0.2) is 20.3 Å². The lowest BCUT2D eigenvalue weighted by Gasteiger charge is -2.33. The summed E-state index contributed by atoms with van der Waals surface area (Å²) >= 11 is 0. The average molecular weight is 229 g/mol. The second-order valence-electron chi connectivity index (χ2n) is 5.30. The highest BCUT2D eigenvalue weighted by Gasteiger charge is 2.34. The first kappa shape index (κ1) is 12.2. The van der Waals surface area contributed by atoms with Crippen LogP contribution in [0.5, 0.6) is 0 Å². The highest BCUT2D eigenvalue weighted by molar-refractivity contribution is 6.62. The van der Waals surface area contributed by atoms with Gasteiger partial charge in [-0.15, -0.1) is 0 Å². The second-order valence-corrected chi connectivity index (χ2v) is 5.30. The summed E-state index contributed by atoms with van der Waals surface area (Å²) in [6, 6.07) is 7.73. The standard InChI is InChI=1S/C13H16BNO2/c1-10-4-5-11(7-15)6-12(10)14-16-8-13(2,3)9-17-14/h4-6H,8-9H2,1-3H3. The molecule has 0 amide bonds. The first-order chi connectivity index (χ1) is 8.02. The molecule has 4 heteroatoms. The van der Waals surface area contributed by atoms with Gasteiger partial charge in [-0.25, -0.2) is 0 Å². The molecule has 2 rings (SSSR count). The molecule has 0 radical (unpaired) electrons. The van der Waals surface area contributed by atoms with Gasteiger partial charge in [0.1, 0.15) is 0 Å². The lowest BCUT2D eigenvalue weighted by Crippen LogP contribution is -2.48. The molecular formula is C13H16BNO2. The molecule has 1 aromatic carbocycles. The number of benzene rings is 1. The Morgan fingerprint density at radius 2 is 1.94 bits per heavy atom. The van der Waals surface area contributed by atoms with Crippen molar-refractivity contribution in [1.29, 1.82) is 5.26 Å². The third-order valence-corrected chi connectivity index (χ3v) is 2.91. The van der Waals surface area contributed by atoms with Crippen LogP contribution in [0.1, 0.15) is 25.0 Å². The Hall–Kier alpha value is -1.31. The van der Waals surface area contributed by atoms with Gasteiger partial charge in [-0.05, 0) is 24.5 Å². The van der Waals surface area contributed by atoms with Gasteiger partial charge in [0.15, 0.2) is 0 Å². The second kappa shape index (κ2) is 4.52. The van der Waals surface area contributed by atoms with Gasteiger partial charge in [0.05, 0.1) is 11.6 Å². The molecule has 0 saturated carbocycles. The lowest BCUT2D eigenvalue weighted by atomic mass is 9.73. The minimum atomic E-state index is -0.337. The van der Waals surface area contributed by atoms with Crippen molar-refractivity contribution in [2.24, 2.45) is 5.41 Å². The summed E-state index contributed by atoms with van der Waals surface area (Å²) in [4.78, 5) is 0. The summed E-state index contributed by atoms with van der Waals surface area (Å²) < 4.78 is 11.5. The number of nitrogens with zero attached hydrogens (tertiary/aromatic N) is 1. The Bertz CT molecular complexity index is 455. The first-order valence-corrected chi connectivity index (χ1v) is 5.76. The van der Waals surface area contributed by atoms with Crippen molar-refractivity contribution < 1.29 is 9.31 Å². The van der Waals surface area contributed by atoms with Gasteiger partial charge in [-0.3, -0.25) is 0 Å². The molecule has 0 aliphatic carbocycles. The zero-order valence-corrected chi connectivity index (χ0v) is 10.5. The van der Waals surface area contributed by atoms with Crippen LogP contribution in [0.4, 0.5) is 0 Å². The van der Waals surface area contributed by atoms with Gasteiger partial charge in [0.2, 0.25) is 0 Å². The molecule has 1 saturated heterocycles. The van der Waals surface area contributed by atoms with Gasteiger partial charge in [0.25, 0.3) is 0 Å². The zero-order valence-electron chi connectivity index (χ0n) is 10.5. The molecule has 0 aromatic heterocycles. The highest BCUT2D eigenvalue weighted by atomic mass is 16.6. The van der Waals surface area contributed by atoms with Crippen LogP contribution >= 0.6 is 0 Å². The summed E-state index contributed by atoms with van der Waals surface area (Å²) in [5, 5.41) is 8.90. The maximum Gasteiger partial charge on any atom is 0.494 e. The van der Waals surface area contributed by atoms with Gasteiger partial charge in [-0.1, -0.05) is 25.5 Å². The van der Waals surface area contributed by atoms with Crippen LogP contribution in [0.3, 0.4) is 0 Å². The predicted molar refractivity (Wildman–Crippen MR) is 67.0 cm³/mol. The summed E-state index contributed by atoms with van der Waals surface area (Å²) in [7, 11) is -0.337. The van der Waals surface area contributed by atoms with Gasteiger partial charge < -0.3 is 9.31 Å². The van der Waals surface area contributed by atoms with Gasteiger partial charge >= 0.3 is 7.12 Å². The molecule has 3 nitrogen and oxygen atoms in total. The third kappa shape index (κ3) is 2.69. The lowest BCUT2D eigenvalue weighted by molar-refractivity contribution is 0.0342. The Morgan fingerprint density at radius 3 is 2.53 bits per heavy atom. The van der Waals surface area contributed by atoms with Crippen molar-refractivity contribution in [3.8, 4) is 6.07 Å². The van der Waals surface area contributed by atoms with E-state index in [0.717, 1.165) is 11.0 Å². The van der Waals surface area contributed by atoms with Crippen LogP contribution < -0.4 is 5.46 Å². The largest absolute Gasteiger partial charge is 0.494 e. The molecule has 0 bridgehead atoms. The van der Waals surface area contributed by atoms with Crippen LogP contribution in [0.15, 0.2) is 18.2 Å². The van der Waals surface area contributed by atoms with E-state index in [0.29, 0.717) is 18.8 Å². The summed E-state index contributed by atoms with van der Waals surface area (Å²) in [6.07, 6.45) is 0. The van der Waals surface area contributed by atoms with E-state index < -0.39 is 0 Å². The molecule has 0 N–H and O–H groups in total. The third-order valence-electron chi connectivity index (χ3n) is 2.91. The Balaban J connectivity index is 2.21. The summed E-state index contributed by atoms with van der Waals surface area (Å²) in [6.45, 7) is 7.58. The number of hydrogen-bond acceptors (Lipinski definition) is 3. The molecule has 0 unspecified atom stereocenters. The van der Waals surface area contributed by atoms with E-state index in [4.69, 9.17) is 14.6 Å². The van der Waals surface area contributed by atoms with Gasteiger partial charge in [-0.2, -0.15) is 5.26 Å². The van der Waals surface area contributed by atoms with Crippen molar-refractivity contribution >= 4 is 12.6 Å². The molecule has 1 aromatic rings. The Morgan fingerprint density at radius 1 is 1.29 bits per heavy atom. The van der Waals surface area contributed by atoms with E-state index >= 15 is 0 Å². The maximum atomic E-state index is 8.90. The Labute approximate surface area is 102 Å². The summed E-state index contributed by atoms with van der Waals surface area (Å²) in [5.41, 5.74) is 2.76. The highest BCUT2D eigenvalue weighted by Crippen LogP contribution is 2.21. The fourth-order valence-electron chi connectivity index (χ4n) is 1.84. The molecule has 1 aliphatic heterocycles. The van der Waals surface area contributed by atoms with Crippen molar-refractivity contribution in [3.05, 3.63) is 29.3 Å². The number of rotatable bonds is 1. The molecule has 17 heavy (non-hydrogen) atoms. The zero-order chi connectivity index (χ0) is 12.5. The van der Waals surface area contributed by atoms with Crippen LogP contribution in [0.25, 0.3) is 0 Å². The SMILES string of the molecule is Cc1ccc(C#N)cc1B1OCC(C)(C)CO1. The van der Waals surface area contributed by atoms with Crippen molar-refractivity contribution in [2.45, 2.75) is 20.8 Å². The first-order valence-electron chi connectivity index (χ1n) is 5.76. The Kier molecular flexibility index (Phi) is 3.23. The molecule has 88 valence electrons. The summed E-state index contributed by atoms with van der Waals surface area (Å²) in [5.74, 6) is 0. The monoisotopic (exact) mass is 229 g/mol. The quantitative estimate of drug-likeness (QED) is 0.687. The maximum absolute atomic E-state index is 8.90. The van der Waals surface area contributed by atoms with E-state index in [1.165, 1.54) is 0 Å².